The number of ether oxygens (including phenoxy) is 5. The van der Waals surface area contributed by atoms with Crippen LogP contribution in [-0.2, 0) is 38.1 Å². The molecule has 34 heavy (non-hydrogen) atoms. The average molecular weight is 473 g/mol. The number of benzene rings is 2. The van der Waals surface area contributed by atoms with E-state index >= 15 is 0 Å². The number of esters is 3. The highest BCUT2D eigenvalue weighted by molar-refractivity contribution is 5.83. The molecule has 10 nitrogen and oxygen atoms in total. The summed E-state index contributed by atoms with van der Waals surface area (Å²) in [6, 6.07) is 12.0. The van der Waals surface area contributed by atoms with E-state index in [4.69, 9.17) is 23.7 Å². The second kappa shape index (κ2) is 11.0. The predicted molar refractivity (Wildman–Crippen MR) is 119 cm³/mol. The van der Waals surface area contributed by atoms with Crippen LogP contribution in [0.15, 0.2) is 42.5 Å². The molecule has 2 aromatic rings. The second-order valence-electron chi connectivity index (χ2n) is 7.85. The van der Waals surface area contributed by atoms with Crippen molar-refractivity contribution in [2.75, 3.05) is 6.61 Å². The summed E-state index contributed by atoms with van der Waals surface area (Å²) >= 11 is 0. The molecular weight excluding hydrogens is 446 g/mol. The Bertz CT molecular complexity index is 1070. The van der Waals surface area contributed by atoms with Gasteiger partial charge in [-0.2, -0.15) is 0 Å². The molecule has 5 atom stereocenters. The lowest BCUT2D eigenvalue weighted by Gasteiger charge is -2.44. The van der Waals surface area contributed by atoms with Crippen LogP contribution in [0, 0.1) is 0 Å². The van der Waals surface area contributed by atoms with Gasteiger partial charge < -0.3 is 29.0 Å². The molecule has 3 rings (SSSR count). The molecule has 0 spiro atoms. The first-order valence-electron chi connectivity index (χ1n) is 10.7. The molecule has 1 fully saturated rings. The third-order valence-electron chi connectivity index (χ3n) is 5.04. The summed E-state index contributed by atoms with van der Waals surface area (Å²) in [6.07, 6.45) is -4.55. The summed E-state index contributed by atoms with van der Waals surface area (Å²) in [7, 11) is 0. The molecule has 0 radical (unpaired) electrons. The smallest absolute Gasteiger partial charge is 0.303 e. The zero-order valence-electron chi connectivity index (χ0n) is 19.3. The molecule has 1 saturated heterocycles. The van der Waals surface area contributed by atoms with Gasteiger partial charge >= 0.3 is 17.9 Å². The molecule has 2 aromatic carbocycles. The van der Waals surface area contributed by atoms with Crippen LogP contribution >= 0.6 is 0 Å². The van der Waals surface area contributed by atoms with Gasteiger partial charge in [0.1, 0.15) is 24.5 Å². The lowest BCUT2D eigenvalue weighted by molar-refractivity contribution is -0.257. The first-order chi connectivity index (χ1) is 16.1. The van der Waals surface area contributed by atoms with Crippen molar-refractivity contribution in [1.82, 2.24) is 5.32 Å². The molecule has 0 bridgehead atoms. The Balaban J connectivity index is 1.98. The van der Waals surface area contributed by atoms with Crippen LogP contribution in [0.3, 0.4) is 0 Å². The van der Waals surface area contributed by atoms with Gasteiger partial charge in [-0.25, -0.2) is 0 Å². The van der Waals surface area contributed by atoms with Crippen molar-refractivity contribution in [2.24, 2.45) is 0 Å². The molecule has 10 heteroatoms. The highest BCUT2D eigenvalue weighted by atomic mass is 16.7. The standard InChI is InChI=1S/C24H27NO9/c1-13(26)25-21-23(32-16(4)29)22(31-15(3)28)20(12-30-14(2)27)34-24(21)33-19-10-9-17-7-5-6-8-18(17)11-19/h5-11,20-24H,12H2,1-4H3,(H,25,26)/t20-,21+,22+,23-,24-/m0/s1. The number of nitrogens with one attached hydrogen (secondary N) is 1. The highest BCUT2D eigenvalue weighted by Crippen LogP contribution is 2.30. The molecule has 0 aliphatic carbocycles. The fourth-order valence-corrected chi connectivity index (χ4v) is 3.77. The van der Waals surface area contributed by atoms with Gasteiger partial charge in [0.05, 0.1) is 0 Å². The van der Waals surface area contributed by atoms with Crippen molar-refractivity contribution < 1.29 is 42.9 Å². The summed E-state index contributed by atoms with van der Waals surface area (Å²) < 4.78 is 28.0. The van der Waals surface area contributed by atoms with E-state index in [-0.39, 0.29) is 6.61 Å². The molecule has 182 valence electrons. The van der Waals surface area contributed by atoms with Crippen molar-refractivity contribution >= 4 is 34.6 Å². The minimum Gasteiger partial charge on any atom is -0.463 e. The summed E-state index contributed by atoms with van der Waals surface area (Å²) in [5, 5.41) is 4.58. The van der Waals surface area contributed by atoms with Crippen LogP contribution in [0.2, 0.25) is 0 Å². The van der Waals surface area contributed by atoms with E-state index in [1.165, 1.54) is 27.7 Å². The van der Waals surface area contributed by atoms with Gasteiger partial charge in [0, 0.05) is 27.7 Å². The maximum absolute atomic E-state index is 12.0. The number of hydrogen-bond acceptors (Lipinski definition) is 9. The van der Waals surface area contributed by atoms with Crippen molar-refractivity contribution in [3.8, 4) is 5.75 Å². The summed E-state index contributed by atoms with van der Waals surface area (Å²) in [4.78, 5) is 47.1. The largest absolute Gasteiger partial charge is 0.463 e. The van der Waals surface area contributed by atoms with Crippen LogP contribution in [0.1, 0.15) is 27.7 Å². The lowest BCUT2D eigenvalue weighted by atomic mass is 9.96. The van der Waals surface area contributed by atoms with E-state index in [0.29, 0.717) is 5.75 Å². The summed E-state index contributed by atoms with van der Waals surface area (Å²) in [6.45, 7) is 4.57. The Labute approximate surface area is 196 Å². The van der Waals surface area contributed by atoms with Gasteiger partial charge in [0.15, 0.2) is 12.2 Å². The normalized spacial score (nSPS) is 24.1. The molecule has 0 aromatic heterocycles. The lowest BCUT2D eigenvalue weighted by Crippen LogP contribution is -2.67. The number of carbonyl (C=O) groups is 4. The maximum atomic E-state index is 12.0. The van der Waals surface area contributed by atoms with Gasteiger partial charge in [0.25, 0.3) is 0 Å². The van der Waals surface area contributed by atoms with E-state index in [0.717, 1.165) is 10.8 Å². The minimum absolute atomic E-state index is 0.296. The van der Waals surface area contributed by atoms with Gasteiger partial charge in [-0.3, -0.25) is 19.2 Å². The van der Waals surface area contributed by atoms with E-state index in [2.05, 4.69) is 5.32 Å². The highest BCUT2D eigenvalue weighted by Gasteiger charge is 2.51. The molecule has 1 amide bonds. The molecule has 1 heterocycles. The number of fused-ring (bicyclic) bond motifs is 1. The zero-order valence-corrected chi connectivity index (χ0v) is 19.3. The number of amides is 1. The van der Waals surface area contributed by atoms with Crippen molar-refractivity contribution in [1.29, 1.82) is 0 Å². The van der Waals surface area contributed by atoms with Gasteiger partial charge in [-0.15, -0.1) is 0 Å². The molecule has 1 aliphatic heterocycles. The second-order valence-corrected chi connectivity index (χ2v) is 7.85. The van der Waals surface area contributed by atoms with Crippen LogP contribution in [0.5, 0.6) is 5.75 Å². The molecule has 1 aliphatic rings. The zero-order chi connectivity index (χ0) is 24.8. The topological polar surface area (TPSA) is 126 Å². The Morgan fingerprint density at radius 1 is 0.853 bits per heavy atom. The average Bonchev–Trinajstić information content (AvgIpc) is 2.75. The summed E-state index contributed by atoms with van der Waals surface area (Å²) in [5.74, 6) is -1.94. The third kappa shape index (κ3) is 6.44. The Morgan fingerprint density at radius 2 is 1.50 bits per heavy atom. The van der Waals surface area contributed by atoms with Gasteiger partial charge in [0.2, 0.25) is 12.2 Å². The molecule has 0 unspecified atom stereocenters. The van der Waals surface area contributed by atoms with Crippen LogP contribution in [0.25, 0.3) is 10.8 Å². The predicted octanol–water partition coefficient (Wildman–Crippen LogP) is 1.87. The van der Waals surface area contributed by atoms with E-state index in [1.54, 1.807) is 12.1 Å². The number of carbonyl (C=O) groups excluding carboxylic acids is 4. The van der Waals surface area contributed by atoms with Crippen LogP contribution in [-0.4, -0.2) is 61.1 Å². The maximum Gasteiger partial charge on any atom is 0.303 e. The minimum atomic E-state index is -1.18. The first kappa shape index (κ1) is 25.0. The fraction of sp³-hybridized carbons (Fsp3) is 0.417. The molecular formula is C24H27NO9. The number of hydrogen-bond donors (Lipinski definition) is 1. The molecule has 1 N–H and O–H groups in total. The molecule has 0 saturated carbocycles. The van der Waals surface area contributed by atoms with Gasteiger partial charge in [-0.05, 0) is 22.9 Å². The first-order valence-corrected chi connectivity index (χ1v) is 10.7. The van der Waals surface area contributed by atoms with Crippen molar-refractivity contribution in [3.05, 3.63) is 42.5 Å². The Morgan fingerprint density at radius 3 is 2.12 bits per heavy atom. The van der Waals surface area contributed by atoms with Gasteiger partial charge in [-0.1, -0.05) is 30.3 Å². The van der Waals surface area contributed by atoms with Crippen molar-refractivity contribution in [2.45, 2.75) is 58.3 Å². The SMILES string of the molecule is CC(=O)N[C@H]1[C@@H](Oc2ccc3ccccc3c2)O[C@@H](COC(C)=O)[C@@H](OC(C)=O)[C@H]1OC(C)=O. The Hall–Kier alpha value is -3.66. The van der Waals surface area contributed by atoms with Crippen LogP contribution < -0.4 is 10.1 Å². The summed E-state index contributed by atoms with van der Waals surface area (Å²) in [5.41, 5.74) is 0. The fourth-order valence-electron chi connectivity index (χ4n) is 3.77. The van der Waals surface area contributed by atoms with E-state index in [9.17, 15) is 19.2 Å². The third-order valence-corrected chi connectivity index (χ3v) is 5.04. The monoisotopic (exact) mass is 473 g/mol. The van der Waals surface area contributed by atoms with Crippen molar-refractivity contribution in [3.63, 3.8) is 0 Å². The van der Waals surface area contributed by atoms with Crippen LogP contribution in [0.4, 0.5) is 0 Å². The van der Waals surface area contributed by atoms with E-state index < -0.39 is 54.5 Å². The number of rotatable bonds is 7. The quantitative estimate of drug-likeness (QED) is 0.474. The Kier molecular flexibility index (Phi) is 8.06. The van der Waals surface area contributed by atoms with E-state index in [1.807, 2.05) is 30.3 Å².